The maximum Gasteiger partial charge on any atom is 0.317 e. The van der Waals surface area contributed by atoms with Crippen molar-refractivity contribution in [3.8, 4) is 0 Å². The van der Waals surface area contributed by atoms with E-state index in [1.807, 2.05) is 0 Å². The molecular formula is C8H10O3. The van der Waals surface area contributed by atoms with Gasteiger partial charge in [0.2, 0.25) is 0 Å². The fourth-order valence-electron chi connectivity index (χ4n) is 1.01. The molecule has 0 spiro atoms. The van der Waals surface area contributed by atoms with Crippen molar-refractivity contribution in [2.75, 3.05) is 6.61 Å². The van der Waals surface area contributed by atoms with Crippen LogP contribution in [0, 0.1) is 5.92 Å². The van der Waals surface area contributed by atoms with E-state index in [9.17, 15) is 9.59 Å². The van der Waals surface area contributed by atoms with Gasteiger partial charge in [0.15, 0.2) is 5.78 Å². The summed E-state index contributed by atoms with van der Waals surface area (Å²) in [6, 6.07) is 0. The van der Waals surface area contributed by atoms with Crippen LogP contribution in [0.3, 0.4) is 0 Å². The number of ketones is 1. The van der Waals surface area contributed by atoms with E-state index < -0.39 is 11.9 Å². The second-order valence-corrected chi connectivity index (χ2v) is 2.35. The van der Waals surface area contributed by atoms with Crippen molar-refractivity contribution < 1.29 is 14.3 Å². The third-order valence-electron chi connectivity index (χ3n) is 1.57. The van der Waals surface area contributed by atoms with Crippen molar-refractivity contribution in [2.24, 2.45) is 5.92 Å². The molecule has 1 unspecified atom stereocenters. The lowest BCUT2D eigenvalue weighted by atomic mass is 10.1. The number of hydrogen-bond donors (Lipinski definition) is 0. The van der Waals surface area contributed by atoms with Gasteiger partial charge in [-0.2, -0.15) is 0 Å². The highest BCUT2D eigenvalue weighted by Gasteiger charge is 2.28. The van der Waals surface area contributed by atoms with Crippen LogP contribution in [-0.2, 0) is 14.3 Å². The average molecular weight is 154 g/mol. The second-order valence-electron chi connectivity index (χ2n) is 2.35. The lowest BCUT2D eigenvalue weighted by Gasteiger charge is -2.05. The van der Waals surface area contributed by atoms with Gasteiger partial charge in [-0.1, -0.05) is 6.08 Å². The summed E-state index contributed by atoms with van der Waals surface area (Å²) >= 11 is 0. The Morgan fingerprint density at radius 3 is 3.00 bits per heavy atom. The third kappa shape index (κ3) is 1.67. The zero-order valence-corrected chi connectivity index (χ0v) is 6.37. The van der Waals surface area contributed by atoms with Crippen LogP contribution >= 0.6 is 0 Å². The summed E-state index contributed by atoms with van der Waals surface area (Å²) in [4.78, 5) is 21.9. The Morgan fingerprint density at radius 2 is 2.55 bits per heavy atom. The lowest BCUT2D eigenvalue weighted by Crippen LogP contribution is -2.21. The SMILES string of the molecule is CCOC(=O)C1CC=CC1=O. The van der Waals surface area contributed by atoms with Crippen molar-refractivity contribution in [2.45, 2.75) is 13.3 Å². The maximum absolute atomic E-state index is 11.0. The van der Waals surface area contributed by atoms with Crippen molar-refractivity contribution in [3.05, 3.63) is 12.2 Å². The molecule has 3 heteroatoms. The second kappa shape index (κ2) is 3.32. The first-order valence-corrected chi connectivity index (χ1v) is 3.62. The molecule has 0 aromatic rings. The van der Waals surface area contributed by atoms with Crippen LogP contribution in [-0.4, -0.2) is 18.4 Å². The van der Waals surface area contributed by atoms with Crippen LogP contribution in [0.25, 0.3) is 0 Å². The minimum absolute atomic E-state index is 0.136. The molecule has 0 heterocycles. The van der Waals surface area contributed by atoms with Gasteiger partial charge >= 0.3 is 5.97 Å². The molecule has 11 heavy (non-hydrogen) atoms. The molecule has 0 radical (unpaired) electrons. The number of allylic oxidation sites excluding steroid dienone is 2. The standard InChI is InChI=1S/C8H10O3/c1-2-11-8(10)6-4-3-5-7(6)9/h3,5-6H,2,4H2,1H3. The zero-order chi connectivity index (χ0) is 8.27. The van der Waals surface area contributed by atoms with Crippen molar-refractivity contribution in [1.29, 1.82) is 0 Å². The molecule has 0 saturated carbocycles. The van der Waals surface area contributed by atoms with Crippen LogP contribution < -0.4 is 0 Å². The number of ether oxygens (including phenoxy) is 1. The molecular weight excluding hydrogens is 144 g/mol. The lowest BCUT2D eigenvalue weighted by molar-refractivity contribution is -0.150. The minimum Gasteiger partial charge on any atom is -0.465 e. The Labute approximate surface area is 65.0 Å². The molecule has 0 bridgehead atoms. The highest BCUT2D eigenvalue weighted by molar-refractivity contribution is 6.06. The first-order valence-electron chi connectivity index (χ1n) is 3.62. The van der Waals surface area contributed by atoms with Crippen molar-refractivity contribution in [3.63, 3.8) is 0 Å². The number of esters is 1. The summed E-state index contributed by atoms with van der Waals surface area (Å²) in [5.41, 5.74) is 0. The number of carbonyl (C=O) groups is 2. The van der Waals surface area contributed by atoms with E-state index in [2.05, 4.69) is 0 Å². The van der Waals surface area contributed by atoms with Gasteiger partial charge in [-0.15, -0.1) is 0 Å². The van der Waals surface area contributed by atoms with E-state index in [4.69, 9.17) is 4.74 Å². The molecule has 0 fully saturated rings. The predicted octanol–water partition coefficient (Wildman–Crippen LogP) is 0.695. The summed E-state index contributed by atoms with van der Waals surface area (Å²) in [6.45, 7) is 2.06. The summed E-state index contributed by atoms with van der Waals surface area (Å²) in [7, 11) is 0. The predicted molar refractivity (Wildman–Crippen MR) is 38.9 cm³/mol. The molecule has 0 aromatic carbocycles. The van der Waals surface area contributed by atoms with Gasteiger partial charge in [0.1, 0.15) is 5.92 Å². The monoisotopic (exact) mass is 154 g/mol. The molecule has 3 nitrogen and oxygen atoms in total. The quantitative estimate of drug-likeness (QED) is 0.434. The molecule has 0 aliphatic heterocycles. The number of carbonyl (C=O) groups excluding carboxylic acids is 2. The Kier molecular flexibility index (Phi) is 2.41. The van der Waals surface area contributed by atoms with Gasteiger partial charge in [-0.05, 0) is 19.4 Å². The normalized spacial score (nSPS) is 22.3. The maximum atomic E-state index is 11.0. The Hall–Kier alpha value is -1.12. The van der Waals surface area contributed by atoms with Crippen LogP contribution in [0.1, 0.15) is 13.3 Å². The molecule has 0 N–H and O–H groups in total. The largest absolute Gasteiger partial charge is 0.465 e. The van der Waals surface area contributed by atoms with Crippen LogP contribution in [0.5, 0.6) is 0 Å². The summed E-state index contributed by atoms with van der Waals surface area (Å²) in [6.07, 6.45) is 3.63. The van der Waals surface area contributed by atoms with E-state index in [1.54, 1.807) is 13.0 Å². The molecule has 1 rings (SSSR count). The molecule has 0 saturated heterocycles. The first kappa shape index (κ1) is 7.98. The van der Waals surface area contributed by atoms with Crippen LogP contribution in [0.2, 0.25) is 0 Å². The Morgan fingerprint density at radius 1 is 1.82 bits per heavy atom. The molecule has 1 aliphatic carbocycles. The number of hydrogen-bond acceptors (Lipinski definition) is 3. The Bertz CT molecular complexity index is 205. The highest BCUT2D eigenvalue weighted by atomic mass is 16.5. The smallest absolute Gasteiger partial charge is 0.317 e. The summed E-state index contributed by atoms with van der Waals surface area (Å²) in [5, 5.41) is 0. The van der Waals surface area contributed by atoms with E-state index in [0.717, 1.165) is 0 Å². The van der Waals surface area contributed by atoms with Gasteiger partial charge in [-0.3, -0.25) is 9.59 Å². The highest BCUT2D eigenvalue weighted by Crippen LogP contribution is 2.15. The molecule has 1 aliphatic rings. The fraction of sp³-hybridized carbons (Fsp3) is 0.500. The van der Waals surface area contributed by atoms with Gasteiger partial charge in [0.25, 0.3) is 0 Å². The zero-order valence-electron chi connectivity index (χ0n) is 6.37. The van der Waals surface area contributed by atoms with Crippen molar-refractivity contribution in [1.82, 2.24) is 0 Å². The van der Waals surface area contributed by atoms with Crippen LogP contribution in [0.4, 0.5) is 0 Å². The van der Waals surface area contributed by atoms with Gasteiger partial charge in [0, 0.05) is 0 Å². The van der Waals surface area contributed by atoms with E-state index in [1.165, 1.54) is 6.08 Å². The van der Waals surface area contributed by atoms with Gasteiger partial charge in [0.05, 0.1) is 6.61 Å². The van der Waals surface area contributed by atoms with Crippen LogP contribution in [0.15, 0.2) is 12.2 Å². The fourth-order valence-corrected chi connectivity index (χ4v) is 1.01. The first-order chi connectivity index (χ1) is 5.25. The van der Waals surface area contributed by atoms with E-state index in [0.29, 0.717) is 13.0 Å². The third-order valence-corrected chi connectivity index (χ3v) is 1.57. The van der Waals surface area contributed by atoms with Crippen molar-refractivity contribution >= 4 is 11.8 Å². The molecule has 0 amide bonds. The Balaban J connectivity index is 2.49. The summed E-state index contributed by atoms with van der Waals surface area (Å²) < 4.78 is 4.70. The van der Waals surface area contributed by atoms with Gasteiger partial charge in [-0.25, -0.2) is 0 Å². The minimum atomic E-state index is -0.560. The topological polar surface area (TPSA) is 43.4 Å². The molecule has 1 atom stereocenters. The average Bonchev–Trinajstić information content (AvgIpc) is 2.36. The molecule has 60 valence electrons. The van der Waals surface area contributed by atoms with E-state index in [-0.39, 0.29) is 5.78 Å². The summed E-state index contributed by atoms with van der Waals surface area (Å²) in [5.74, 6) is -1.10. The van der Waals surface area contributed by atoms with Gasteiger partial charge < -0.3 is 4.74 Å². The number of rotatable bonds is 2. The molecule has 0 aromatic heterocycles. The van der Waals surface area contributed by atoms with E-state index >= 15 is 0 Å².